The monoisotopic (exact) mass is 444 g/mol. The lowest BCUT2D eigenvalue weighted by Crippen LogP contribution is -2.29. The molecule has 0 saturated carbocycles. The van der Waals surface area contributed by atoms with Gasteiger partial charge in [-0.2, -0.15) is 13.9 Å². The van der Waals surface area contributed by atoms with E-state index in [1.807, 2.05) is 30.3 Å². The first kappa shape index (κ1) is 23.2. The molecule has 0 aliphatic heterocycles. The number of alkyl halides is 2. The third-order valence-corrected chi connectivity index (χ3v) is 4.95. The van der Waals surface area contributed by atoms with E-state index in [2.05, 4.69) is 20.3 Å². The molecule has 0 aliphatic carbocycles. The van der Waals surface area contributed by atoms with Crippen LogP contribution in [0.3, 0.4) is 0 Å². The number of hydrogen-bond acceptors (Lipinski definition) is 5. The number of halogens is 2. The zero-order valence-electron chi connectivity index (χ0n) is 17.7. The number of carbonyl (C=O) groups excluding carboxylic acids is 1. The van der Waals surface area contributed by atoms with Crippen molar-refractivity contribution in [1.82, 2.24) is 15.5 Å². The lowest BCUT2D eigenvalue weighted by atomic mass is 10.0. The molecule has 0 saturated heterocycles. The number of amides is 1. The number of benzene rings is 2. The normalized spacial score (nSPS) is 11.9. The summed E-state index contributed by atoms with van der Waals surface area (Å²) in [6.07, 6.45) is 2.12. The molecule has 4 N–H and O–H groups in total. The number of H-pyrrole nitrogens is 1. The summed E-state index contributed by atoms with van der Waals surface area (Å²) in [5.41, 5.74) is 7.82. The van der Waals surface area contributed by atoms with Crippen molar-refractivity contribution >= 4 is 5.91 Å². The zero-order chi connectivity index (χ0) is 22.9. The quantitative estimate of drug-likeness (QED) is 0.383. The van der Waals surface area contributed by atoms with Crippen LogP contribution in [-0.4, -0.2) is 36.4 Å². The molecule has 0 radical (unpaired) electrons. The Hall–Kier alpha value is -3.46. The summed E-state index contributed by atoms with van der Waals surface area (Å²) in [7, 11) is 1.59. The predicted octanol–water partition coefficient (Wildman–Crippen LogP) is 4.29. The number of nitrogens with one attached hydrogen (secondary N) is 2. The van der Waals surface area contributed by atoms with E-state index >= 15 is 0 Å². The fraction of sp³-hybridized carbons (Fsp3) is 0.304. The Balaban J connectivity index is 1.85. The maximum absolute atomic E-state index is 12.9. The molecule has 0 fully saturated rings. The summed E-state index contributed by atoms with van der Waals surface area (Å²) in [4.78, 5) is 12.9. The maximum Gasteiger partial charge on any atom is 0.387 e. The summed E-state index contributed by atoms with van der Waals surface area (Å²) >= 11 is 0. The number of methoxy groups -OCH3 is 1. The van der Waals surface area contributed by atoms with Crippen LogP contribution in [0, 0.1) is 0 Å². The first-order chi connectivity index (χ1) is 15.5. The first-order valence-corrected chi connectivity index (χ1v) is 10.3. The number of unbranched alkanes of at least 4 members (excludes halogenated alkanes) is 1. The van der Waals surface area contributed by atoms with Crippen LogP contribution in [0.4, 0.5) is 8.78 Å². The average molecular weight is 444 g/mol. The van der Waals surface area contributed by atoms with E-state index < -0.39 is 18.6 Å². The highest BCUT2D eigenvalue weighted by atomic mass is 19.3. The van der Waals surface area contributed by atoms with Crippen molar-refractivity contribution in [1.29, 1.82) is 0 Å². The van der Waals surface area contributed by atoms with Crippen molar-refractivity contribution in [2.24, 2.45) is 5.73 Å². The molecule has 1 unspecified atom stereocenters. The average Bonchev–Trinajstić information content (AvgIpc) is 3.28. The van der Waals surface area contributed by atoms with Crippen molar-refractivity contribution in [3.8, 4) is 22.8 Å². The van der Waals surface area contributed by atoms with Gasteiger partial charge in [0.1, 0.15) is 11.5 Å². The number of aromatic nitrogens is 2. The van der Waals surface area contributed by atoms with Gasteiger partial charge in [-0.05, 0) is 56.1 Å². The molecule has 170 valence electrons. The van der Waals surface area contributed by atoms with Gasteiger partial charge in [-0.15, -0.1) is 0 Å². The van der Waals surface area contributed by atoms with Gasteiger partial charge in [-0.3, -0.25) is 9.89 Å². The Morgan fingerprint density at radius 3 is 2.56 bits per heavy atom. The second-order valence-corrected chi connectivity index (χ2v) is 7.09. The highest BCUT2D eigenvalue weighted by Gasteiger charge is 2.22. The lowest BCUT2D eigenvalue weighted by Gasteiger charge is -2.18. The van der Waals surface area contributed by atoms with Crippen LogP contribution in [0.15, 0.2) is 54.6 Å². The molecule has 0 bridgehead atoms. The third-order valence-electron chi connectivity index (χ3n) is 4.95. The van der Waals surface area contributed by atoms with Crippen molar-refractivity contribution in [2.75, 3.05) is 13.7 Å². The number of carbonyl (C=O) groups is 1. The largest absolute Gasteiger partial charge is 0.496 e. The van der Waals surface area contributed by atoms with Crippen molar-refractivity contribution in [3.05, 3.63) is 65.9 Å². The summed E-state index contributed by atoms with van der Waals surface area (Å²) in [5.74, 6) is -0.0252. The maximum atomic E-state index is 12.9. The van der Waals surface area contributed by atoms with Gasteiger partial charge >= 0.3 is 6.61 Å². The van der Waals surface area contributed by atoms with E-state index in [9.17, 15) is 13.6 Å². The van der Waals surface area contributed by atoms with Crippen LogP contribution in [0.25, 0.3) is 11.3 Å². The van der Waals surface area contributed by atoms with Crippen LogP contribution in [0.1, 0.15) is 41.4 Å². The number of hydrogen-bond donors (Lipinski definition) is 3. The Bertz CT molecular complexity index is 1030. The number of nitrogens with zero attached hydrogens (tertiary/aromatic N) is 1. The molecule has 0 spiro atoms. The number of aromatic amines is 1. The molecule has 9 heteroatoms. The minimum Gasteiger partial charge on any atom is -0.496 e. The minimum atomic E-state index is -3.03. The molecule has 32 heavy (non-hydrogen) atoms. The predicted molar refractivity (Wildman–Crippen MR) is 117 cm³/mol. The van der Waals surface area contributed by atoms with Gasteiger partial charge in [0, 0.05) is 5.56 Å². The van der Waals surface area contributed by atoms with Gasteiger partial charge in [-0.25, -0.2) is 0 Å². The molecule has 1 aromatic heterocycles. The van der Waals surface area contributed by atoms with Gasteiger partial charge in [0.05, 0.1) is 30.1 Å². The van der Waals surface area contributed by atoms with Gasteiger partial charge in [0.2, 0.25) is 0 Å². The SMILES string of the molecule is COc1ccccc1-c1cc(C(CCCCN)NC(=O)c2ccccc2OC(F)F)n[nH]1. The van der Waals surface area contributed by atoms with Crippen LogP contribution in [0.5, 0.6) is 11.5 Å². The fourth-order valence-corrected chi connectivity index (χ4v) is 3.40. The summed E-state index contributed by atoms with van der Waals surface area (Å²) in [6.45, 7) is -2.50. The Morgan fingerprint density at radius 2 is 1.84 bits per heavy atom. The Morgan fingerprint density at radius 1 is 1.12 bits per heavy atom. The van der Waals surface area contributed by atoms with Crippen molar-refractivity contribution in [2.45, 2.75) is 31.9 Å². The van der Waals surface area contributed by atoms with Gasteiger partial charge < -0.3 is 20.5 Å². The molecule has 0 aliphatic rings. The fourth-order valence-electron chi connectivity index (χ4n) is 3.40. The van der Waals surface area contributed by atoms with E-state index in [4.69, 9.17) is 10.5 Å². The first-order valence-electron chi connectivity index (χ1n) is 10.3. The van der Waals surface area contributed by atoms with E-state index in [1.54, 1.807) is 13.2 Å². The zero-order valence-corrected chi connectivity index (χ0v) is 17.7. The molecule has 3 aromatic rings. The molecule has 1 amide bonds. The molecular formula is C23H26F2N4O3. The van der Waals surface area contributed by atoms with Crippen molar-refractivity contribution < 1.29 is 23.0 Å². The van der Waals surface area contributed by atoms with Gasteiger partial charge in [0.15, 0.2) is 0 Å². The molecule has 3 rings (SSSR count). The second kappa shape index (κ2) is 11.2. The Kier molecular flexibility index (Phi) is 8.15. The summed E-state index contributed by atoms with van der Waals surface area (Å²) in [5, 5.41) is 10.3. The summed E-state index contributed by atoms with van der Waals surface area (Å²) in [6, 6.07) is 14.8. The van der Waals surface area contributed by atoms with E-state index in [0.717, 1.165) is 24.1 Å². The third kappa shape index (κ3) is 5.82. The molecule has 1 atom stereocenters. The minimum absolute atomic E-state index is 0.0251. The molecule has 7 nitrogen and oxygen atoms in total. The smallest absolute Gasteiger partial charge is 0.387 e. The second-order valence-electron chi connectivity index (χ2n) is 7.09. The van der Waals surface area contributed by atoms with E-state index in [-0.39, 0.29) is 11.3 Å². The van der Waals surface area contributed by atoms with Crippen molar-refractivity contribution in [3.63, 3.8) is 0 Å². The molecule has 2 aromatic carbocycles. The van der Waals surface area contributed by atoms with Crippen LogP contribution < -0.4 is 20.5 Å². The molecular weight excluding hydrogens is 418 g/mol. The van der Waals surface area contributed by atoms with E-state index in [0.29, 0.717) is 24.4 Å². The van der Waals surface area contributed by atoms with Gasteiger partial charge in [0.25, 0.3) is 5.91 Å². The standard InChI is InChI=1S/C23H26F2N4O3/c1-31-20-11-4-2-8-15(20)18-14-19(29-28-18)17(10-6-7-13-26)27-22(30)16-9-3-5-12-21(16)32-23(24)25/h2-5,8-9,11-12,14,17,23H,6-7,10,13,26H2,1H3,(H,27,30)(H,28,29). The van der Waals surface area contributed by atoms with Crippen LogP contribution in [-0.2, 0) is 0 Å². The number of ether oxygens (including phenoxy) is 2. The highest BCUT2D eigenvalue weighted by molar-refractivity contribution is 5.97. The lowest BCUT2D eigenvalue weighted by molar-refractivity contribution is -0.0501. The number of rotatable bonds is 11. The Labute approximate surface area is 184 Å². The highest BCUT2D eigenvalue weighted by Crippen LogP contribution is 2.30. The van der Waals surface area contributed by atoms with Crippen LogP contribution >= 0.6 is 0 Å². The topological polar surface area (TPSA) is 102 Å². The number of para-hydroxylation sites is 2. The molecule has 1 heterocycles. The number of nitrogens with two attached hydrogens (primary N) is 1. The van der Waals surface area contributed by atoms with E-state index in [1.165, 1.54) is 18.2 Å². The van der Waals surface area contributed by atoms with Gasteiger partial charge in [-0.1, -0.05) is 24.3 Å². The summed E-state index contributed by atoms with van der Waals surface area (Å²) < 4.78 is 35.4. The van der Waals surface area contributed by atoms with Crippen LogP contribution in [0.2, 0.25) is 0 Å².